The Kier molecular flexibility index (Phi) is 10.8. The highest BCUT2D eigenvalue weighted by Crippen LogP contribution is 2.37. The zero-order chi connectivity index (χ0) is 29.2. The van der Waals surface area contributed by atoms with Gasteiger partial charge >= 0.3 is 0 Å². The van der Waals surface area contributed by atoms with E-state index in [-0.39, 0.29) is 22.9 Å². The molecule has 2 N–H and O–H groups in total. The zero-order valence-electron chi connectivity index (χ0n) is 23.8. The predicted octanol–water partition coefficient (Wildman–Crippen LogP) is 7.84. The highest BCUT2D eigenvalue weighted by molar-refractivity contribution is 6.07. The van der Waals surface area contributed by atoms with Gasteiger partial charge in [-0.15, -0.1) is 0 Å². The van der Waals surface area contributed by atoms with Gasteiger partial charge in [0.1, 0.15) is 23.5 Å². The van der Waals surface area contributed by atoms with Crippen molar-refractivity contribution in [3.05, 3.63) is 88.4 Å². The van der Waals surface area contributed by atoms with Crippen molar-refractivity contribution in [1.29, 1.82) is 5.26 Å². The minimum atomic E-state index is -0.587. The Hall–Kier alpha value is -4.25. The first-order chi connectivity index (χ1) is 19.3. The number of aliphatic imine (C=N–C) groups is 1. The summed E-state index contributed by atoms with van der Waals surface area (Å²) < 4.78 is 29.5. The van der Waals surface area contributed by atoms with Crippen LogP contribution in [0.2, 0.25) is 0 Å². The molecule has 1 unspecified atom stereocenters. The van der Waals surface area contributed by atoms with Crippen LogP contribution in [-0.4, -0.2) is 27.7 Å². The number of nitrogens with zero attached hydrogens (tertiary/aromatic N) is 5. The van der Waals surface area contributed by atoms with E-state index in [0.717, 1.165) is 41.8 Å². The highest BCUT2D eigenvalue weighted by Gasteiger charge is 2.28. The largest absolute Gasteiger partial charge is 0.383 e. The molecule has 0 saturated heterocycles. The van der Waals surface area contributed by atoms with E-state index in [1.807, 2.05) is 32.1 Å². The van der Waals surface area contributed by atoms with E-state index in [0.29, 0.717) is 23.4 Å². The van der Waals surface area contributed by atoms with Crippen molar-refractivity contribution in [2.75, 3.05) is 12.8 Å². The van der Waals surface area contributed by atoms with E-state index in [2.05, 4.69) is 28.8 Å². The highest BCUT2D eigenvalue weighted by atomic mass is 19.1. The number of allylic oxidation sites excluding steroid dienone is 4. The lowest BCUT2D eigenvalue weighted by atomic mass is 9.80. The van der Waals surface area contributed by atoms with Crippen molar-refractivity contribution in [3.8, 4) is 17.5 Å². The van der Waals surface area contributed by atoms with Crippen LogP contribution in [0.25, 0.3) is 17.0 Å². The number of anilines is 1. The molecule has 2 aromatic heterocycles. The number of nitrogen functional groups attached to an aromatic ring is 1. The van der Waals surface area contributed by atoms with Crippen molar-refractivity contribution in [3.63, 3.8) is 0 Å². The summed E-state index contributed by atoms with van der Waals surface area (Å²) in [6, 6.07) is 9.44. The van der Waals surface area contributed by atoms with Crippen molar-refractivity contribution < 1.29 is 8.78 Å². The van der Waals surface area contributed by atoms with Crippen LogP contribution < -0.4 is 5.73 Å². The van der Waals surface area contributed by atoms with E-state index < -0.39 is 11.6 Å². The number of hydrogen-bond acceptors (Lipinski definition) is 6. The summed E-state index contributed by atoms with van der Waals surface area (Å²) in [7, 11) is 1.73. The molecule has 1 aliphatic rings. The van der Waals surface area contributed by atoms with Crippen LogP contribution in [0, 0.1) is 23.0 Å². The maximum Gasteiger partial charge on any atom is 0.160 e. The standard InChI is InChI=1S/C29H28F2N6.C3H8/c1-4-17(2)22(26-23(30)9-6-10-24(26)31)14-18-7-5-8-21(27(18)34-3)25-11-12-35-29(37-25)20-13-19(15-32)28(33)36-16-20;1-3-2/h6,9-14,16,21H,4-5,7-8H2,1-3H3,(H2,33,36);3H2,1-2H3/b18-14-,22-17-,34-27?;. The first kappa shape index (κ1) is 30.3. The van der Waals surface area contributed by atoms with Crippen molar-refractivity contribution in [2.45, 2.75) is 65.7 Å². The third kappa shape index (κ3) is 6.84. The Labute approximate surface area is 235 Å². The number of rotatable bonds is 5. The molecule has 40 heavy (non-hydrogen) atoms. The Morgan fingerprint density at radius 2 is 1.88 bits per heavy atom. The Balaban J connectivity index is 0.00000141. The van der Waals surface area contributed by atoms with Gasteiger partial charge in [-0.3, -0.25) is 4.99 Å². The molecule has 0 spiro atoms. The van der Waals surface area contributed by atoms with Crippen LogP contribution in [0.4, 0.5) is 14.6 Å². The smallest absolute Gasteiger partial charge is 0.160 e. The maximum atomic E-state index is 14.8. The van der Waals surface area contributed by atoms with Crippen LogP contribution in [0.15, 0.2) is 64.9 Å². The van der Waals surface area contributed by atoms with E-state index >= 15 is 0 Å². The molecule has 208 valence electrons. The molecule has 1 saturated carbocycles. The van der Waals surface area contributed by atoms with E-state index in [4.69, 9.17) is 10.7 Å². The minimum absolute atomic E-state index is 0.0135. The molecule has 0 amide bonds. The van der Waals surface area contributed by atoms with Crippen LogP contribution >= 0.6 is 0 Å². The molecule has 1 aromatic carbocycles. The van der Waals surface area contributed by atoms with Gasteiger partial charge in [-0.25, -0.2) is 23.7 Å². The van der Waals surface area contributed by atoms with Crippen LogP contribution in [-0.2, 0) is 0 Å². The van der Waals surface area contributed by atoms with Gasteiger partial charge in [0.15, 0.2) is 5.82 Å². The van der Waals surface area contributed by atoms with E-state index in [1.165, 1.54) is 24.6 Å². The summed E-state index contributed by atoms with van der Waals surface area (Å²) in [6.07, 6.45) is 9.45. The molecule has 1 fully saturated rings. The summed E-state index contributed by atoms with van der Waals surface area (Å²) in [5.41, 5.74) is 10.6. The average Bonchev–Trinajstić information content (AvgIpc) is 2.96. The molecule has 8 heteroatoms. The predicted molar refractivity (Wildman–Crippen MR) is 158 cm³/mol. The van der Waals surface area contributed by atoms with Gasteiger partial charge in [-0.2, -0.15) is 5.26 Å². The van der Waals surface area contributed by atoms with Crippen molar-refractivity contribution in [1.82, 2.24) is 15.0 Å². The first-order valence-corrected chi connectivity index (χ1v) is 13.6. The molecule has 1 atom stereocenters. The van der Waals surface area contributed by atoms with Gasteiger partial charge < -0.3 is 5.73 Å². The lowest BCUT2D eigenvalue weighted by Crippen LogP contribution is -2.22. The second kappa shape index (κ2) is 14.2. The lowest BCUT2D eigenvalue weighted by Gasteiger charge is -2.27. The van der Waals surface area contributed by atoms with Gasteiger partial charge in [-0.05, 0) is 74.1 Å². The van der Waals surface area contributed by atoms with Gasteiger partial charge in [0.05, 0.1) is 16.8 Å². The summed E-state index contributed by atoms with van der Waals surface area (Å²) in [4.78, 5) is 17.9. The monoisotopic (exact) mass is 542 g/mol. The second-order valence-corrected chi connectivity index (χ2v) is 9.65. The number of nitriles is 1. The second-order valence-electron chi connectivity index (χ2n) is 9.65. The number of pyridine rings is 1. The minimum Gasteiger partial charge on any atom is -0.383 e. The van der Waals surface area contributed by atoms with Gasteiger partial charge in [0.25, 0.3) is 0 Å². The summed E-state index contributed by atoms with van der Waals surface area (Å²) in [5, 5.41) is 9.31. The molecular weight excluding hydrogens is 506 g/mol. The molecule has 4 rings (SSSR count). The third-order valence-electron chi connectivity index (χ3n) is 6.71. The lowest BCUT2D eigenvalue weighted by molar-refractivity contribution is 0.577. The van der Waals surface area contributed by atoms with Crippen LogP contribution in [0.1, 0.15) is 82.5 Å². The fourth-order valence-electron chi connectivity index (χ4n) is 4.64. The van der Waals surface area contributed by atoms with E-state index in [1.54, 1.807) is 25.5 Å². The molecule has 0 radical (unpaired) electrons. The van der Waals surface area contributed by atoms with Crippen LogP contribution in [0.3, 0.4) is 0 Å². The fraction of sp³-hybridized carbons (Fsp3) is 0.344. The molecule has 0 aliphatic heterocycles. The van der Waals surface area contributed by atoms with Crippen LogP contribution in [0.5, 0.6) is 0 Å². The number of benzene rings is 1. The SMILES string of the molecule is CC/C(C)=C(/C=C1/CCCC(c2ccnc(-c3cnc(N)c(C#N)c3)n2)C1=NC)c1c(F)cccc1F.CCC. The molecule has 1 aliphatic carbocycles. The van der Waals surface area contributed by atoms with Gasteiger partial charge in [-0.1, -0.05) is 38.8 Å². The first-order valence-electron chi connectivity index (χ1n) is 13.6. The number of aromatic nitrogens is 3. The average molecular weight is 543 g/mol. The van der Waals surface area contributed by atoms with E-state index in [9.17, 15) is 14.0 Å². The fourth-order valence-corrected chi connectivity index (χ4v) is 4.64. The zero-order valence-corrected chi connectivity index (χ0v) is 23.8. The Bertz CT molecular complexity index is 1460. The number of halogens is 2. The topological polar surface area (TPSA) is 101 Å². The van der Waals surface area contributed by atoms with Crippen molar-refractivity contribution in [2.24, 2.45) is 4.99 Å². The van der Waals surface area contributed by atoms with Gasteiger partial charge in [0.2, 0.25) is 0 Å². The normalized spacial score (nSPS) is 17.6. The molecule has 6 nitrogen and oxygen atoms in total. The van der Waals surface area contributed by atoms with Gasteiger partial charge in [0, 0.05) is 36.6 Å². The molecule has 2 heterocycles. The number of hydrogen-bond donors (Lipinski definition) is 1. The summed E-state index contributed by atoms with van der Waals surface area (Å²) >= 11 is 0. The molecule has 0 bridgehead atoms. The quantitative estimate of drug-likeness (QED) is 0.354. The van der Waals surface area contributed by atoms with Crippen molar-refractivity contribution >= 4 is 17.1 Å². The Morgan fingerprint density at radius 1 is 1.18 bits per heavy atom. The molecular formula is C32H36F2N6. The summed E-state index contributed by atoms with van der Waals surface area (Å²) in [5.74, 6) is -0.698. The Morgan fingerprint density at radius 3 is 2.50 bits per heavy atom. The molecule has 3 aromatic rings. The number of nitrogens with two attached hydrogens (primary N) is 1. The summed E-state index contributed by atoms with van der Waals surface area (Å²) in [6.45, 7) is 8.12. The third-order valence-corrected chi connectivity index (χ3v) is 6.71. The maximum absolute atomic E-state index is 14.8.